The summed E-state index contributed by atoms with van der Waals surface area (Å²) < 4.78 is 40.4. The van der Waals surface area contributed by atoms with E-state index >= 15 is 0 Å². The zero-order valence-corrected chi connectivity index (χ0v) is 26.4. The van der Waals surface area contributed by atoms with E-state index in [2.05, 4.69) is 20.6 Å². The summed E-state index contributed by atoms with van der Waals surface area (Å²) in [6.45, 7) is 9.92. The Hall–Kier alpha value is -5.06. The number of pyridine rings is 2. The van der Waals surface area contributed by atoms with Crippen molar-refractivity contribution in [1.82, 2.24) is 20.2 Å². The monoisotopic (exact) mass is 617 g/mol. The van der Waals surface area contributed by atoms with Gasteiger partial charge in [-0.05, 0) is 63.2 Å². The molecule has 9 nitrogen and oxygen atoms in total. The molecule has 5 rings (SSSR count). The first kappa shape index (κ1) is 32.8. The normalized spacial score (nSPS) is 12.2. The van der Waals surface area contributed by atoms with Crippen LogP contribution in [0.1, 0.15) is 66.6 Å². The van der Waals surface area contributed by atoms with Crippen molar-refractivity contribution in [3.63, 3.8) is 0 Å². The number of carbonyl (C=O) groups excluding carboxylic acids is 2. The molecule has 2 N–H and O–H groups in total. The second-order valence-electron chi connectivity index (χ2n) is 11.1. The molecule has 0 atom stereocenters. The van der Waals surface area contributed by atoms with Crippen LogP contribution in [0.2, 0.25) is 0 Å². The number of nitrogens with one attached hydrogen (secondary N) is 2. The molecule has 0 saturated heterocycles. The molecule has 0 fully saturated rings. The van der Waals surface area contributed by atoms with Crippen LogP contribution in [0.25, 0.3) is 11.3 Å². The number of nitrogens with zero attached hydrogens (tertiary/aromatic N) is 3. The van der Waals surface area contributed by atoms with Crippen molar-refractivity contribution >= 4 is 23.3 Å². The Morgan fingerprint density at radius 2 is 1.69 bits per heavy atom. The Balaban J connectivity index is 0.00000226. The van der Waals surface area contributed by atoms with Crippen molar-refractivity contribution in [3.8, 4) is 22.8 Å². The number of hydrogen-bond acceptors (Lipinski definition) is 7. The topological polar surface area (TPSA) is 106 Å². The van der Waals surface area contributed by atoms with Crippen molar-refractivity contribution in [1.29, 1.82) is 0 Å². The molecule has 3 heterocycles. The number of amides is 2. The summed E-state index contributed by atoms with van der Waals surface area (Å²) in [5, 5.41) is 5.98. The highest BCUT2D eigenvalue weighted by Crippen LogP contribution is 2.37. The maximum atomic E-state index is 14.8. The average Bonchev–Trinajstić information content (AvgIpc) is 3.32. The summed E-state index contributed by atoms with van der Waals surface area (Å²) in [6.07, 6.45) is 1.41. The van der Waals surface area contributed by atoms with Crippen LogP contribution < -0.4 is 20.1 Å². The van der Waals surface area contributed by atoms with Crippen LogP contribution in [0, 0.1) is 11.6 Å². The number of aromatic nitrogens is 2. The molecule has 0 aliphatic carbocycles. The number of halogens is 2. The van der Waals surface area contributed by atoms with Gasteiger partial charge >= 0.3 is 0 Å². The number of ether oxygens (including phenoxy) is 2. The van der Waals surface area contributed by atoms with Crippen molar-refractivity contribution < 1.29 is 27.8 Å². The average molecular weight is 618 g/mol. The van der Waals surface area contributed by atoms with E-state index in [1.165, 1.54) is 25.4 Å². The molecule has 1 aliphatic rings. The van der Waals surface area contributed by atoms with Gasteiger partial charge in [0.05, 0.1) is 61.1 Å². The number of benzene rings is 2. The number of fused-ring (bicyclic) bond motifs is 1. The Bertz CT molecular complexity index is 1680. The quantitative estimate of drug-likeness (QED) is 0.222. The zero-order valence-electron chi connectivity index (χ0n) is 26.4. The maximum absolute atomic E-state index is 14.8. The third kappa shape index (κ3) is 7.36. The van der Waals surface area contributed by atoms with Gasteiger partial charge in [-0.1, -0.05) is 19.9 Å². The van der Waals surface area contributed by atoms with E-state index in [4.69, 9.17) is 9.47 Å². The molecule has 236 valence electrons. The van der Waals surface area contributed by atoms with Crippen molar-refractivity contribution in [2.75, 3.05) is 19.5 Å². The first-order chi connectivity index (χ1) is 21.5. The highest BCUT2D eigenvalue weighted by molar-refractivity contribution is 6.04. The van der Waals surface area contributed by atoms with Gasteiger partial charge in [-0.25, -0.2) is 18.7 Å². The van der Waals surface area contributed by atoms with Crippen LogP contribution in [0.4, 0.5) is 20.3 Å². The molecule has 0 bridgehead atoms. The van der Waals surface area contributed by atoms with E-state index in [0.29, 0.717) is 28.6 Å². The van der Waals surface area contributed by atoms with Gasteiger partial charge < -0.3 is 25.0 Å². The van der Waals surface area contributed by atoms with Crippen molar-refractivity contribution in [2.45, 2.75) is 53.2 Å². The molecular weight excluding hydrogens is 580 g/mol. The van der Waals surface area contributed by atoms with Gasteiger partial charge in [0.25, 0.3) is 11.8 Å². The predicted molar refractivity (Wildman–Crippen MR) is 169 cm³/mol. The summed E-state index contributed by atoms with van der Waals surface area (Å²) in [5.74, 6) is -0.703. The van der Waals surface area contributed by atoms with Crippen LogP contribution >= 0.6 is 0 Å². The van der Waals surface area contributed by atoms with E-state index in [9.17, 15) is 18.4 Å². The Kier molecular flexibility index (Phi) is 10.0. The fourth-order valence-electron chi connectivity index (χ4n) is 4.80. The lowest BCUT2D eigenvalue weighted by Crippen LogP contribution is -2.40. The molecule has 0 spiro atoms. The molecule has 0 radical (unpaired) electrons. The molecule has 2 aromatic carbocycles. The van der Waals surface area contributed by atoms with E-state index in [1.54, 1.807) is 36.3 Å². The minimum absolute atomic E-state index is 0.0229. The maximum Gasteiger partial charge on any atom is 0.258 e. The third-order valence-corrected chi connectivity index (χ3v) is 6.79. The molecule has 1 aliphatic heterocycles. The van der Waals surface area contributed by atoms with E-state index < -0.39 is 17.2 Å². The zero-order chi connectivity index (χ0) is 32.9. The highest BCUT2D eigenvalue weighted by atomic mass is 19.1. The smallest absolute Gasteiger partial charge is 0.258 e. The predicted octanol–water partition coefficient (Wildman–Crippen LogP) is 6.89. The molecule has 2 aromatic heterocycles. The lowest BCUT2D eigenvalue weighted by Gasteiger charge is -2.20. The summed E-state index contributed by atoms with van der Waals surface area (Å²) >= 11 is 0. The van der Waals surface area contributed by atoms with Crippen LogP contribution in [0.3, 0.4) is 0 Å². The van der Waals surface area contributed by atoms with E-state index in [-0.39, 0.29) is 47.4 Å². The first-order valence-electron chi connectivity index (χ1n) is 14.5. The molecule has 4 aromatic rings. The number of anilines is 2. The molecule has 0 saturated carbocycles. The lowest BCUT2D eigenvalue weighted by atomic mass is 10.1. The fourth-order valence-corrected chi connectivity index (χ4v) is 4.80. The van der Waals surface area contributed by atoms with Crippen LogP contribution in [-0.2, 0) is 13.1 Å². The molecule has 11 heteroatoms. The third-order valence-electron chi connectivity index (χ3n) is 6.79. The SMILES string of the molecule is CC.COc1ccc(CN2Cc3nc(-c4c(F)cccc4F)cc(Nc4ccc(C(=O)NC(C)(C)C)cn4)c3C2=O)c(OC)c1. The highest BCUT2D eigenvalue weighted by Gasteiger charge is 2.33. The molecule has 0 unspecified atom stereocenters. The van der Waals surface area contributed by atoms with Gasteiger partial charge in [-0.2, -0.15) is 0 Å². The minimum Gasteiger partial charge on any atom is -0.497 e. The molecule has 45 heavy (non-hydrogen) atoms. The molecular formula is C34H37F2N5O4. The Labute approximate surface area is 261 Å². The van der Waals surface area contributed by atoms with Gasteiger partial charge in [0.2, 0.25) is 0 Å². The summed E-state index contributed by atoms with van der Waals surface area (Å²) in [5.41, 5.74) is 1.26. The molecule has 2 amide bonds. The van der Waals surface area contributed by atoms with Gasteiger partial charge in [-0.3, -0.25) is 9.59 Å². The largest absolute Gasteiger partial charge is 0.497 e. The van der Waals surface area contributed by atoms with Gasteiger partial charge in [0, 0.05) is 23.4 Å². The lowest BCUT2D eigenvalue weighted by molar-refractivity contribution is 0.0765. The van der Waals surface area contributed by atoms with Gasteiger partial charge in [-0.15, -0.1) is 0 Å². The summed E-state index contributed by atoms with van der Waals surface area (Å²) in [4.78, 5) is 36.7. The number of hydrogen-bond donors (Lipinski definition) is 2. The number of carbonyl (C=O) groups is 2. The van der Waals surface area contributed by atoms with E-state index in [0.717, 1.165) is 17.7 Å². The summed E-state index contributed by atoms with van der Waals surface area (Å²) in [6, 6.07) is 13.5. The van der Waals surface area contributed by atoms with Crippen LogP contribution in [0.15, 0.2) is 60.8 Å². The van der Waals surface area contributed by atoms with Crippen molar-refractivity contribution in [2.24, 2.45) is 0 Å². The number of methoxy groups -OCH3 is 2. The van der Waals surface area contributed by atoms with Gasteiger partial charge in [0.1, 0.15) is 29.0 Å². The number of rotatable bonds is 8. The Morgan fingerprint density at radius 1 is 0.978 bits per heavy atom. The van der Waals surface area contributed by atoms with Crippen LogP contribution in [0.5, 0.6) is 11.5 Å². The standard InChI is InChI=1S/C32H31F2N5O4.C2H6/c1-32(2,3)38-30(40)18-10-12-27(35-15-18)37-24-14-23(28-21(33)7-6-8-22(28)34)36-25-17-39(31(41)29(24)25)16-19-9-11-20(42-4)13-26(19)43-5;1-2/h6-15H,16-17H2,1-5H3,(H,38,40)(H,35,36,37);1-2H3. The van der Waals surface area contributed by atoms with E-state index in [1.807, 2.05) is 40.7 Å². The second kappa shape index (κ2) is 13.7. The van der Waals surface area contributed by atoms with Gasteiger partial charge in [0.15, 0.2) is 0 Å². The second-order valence-corrected chi connectivity index (χ2v) is 11.1. The van der Waals surface area contributed by atoms with Crippen LogP contribution in [-0.4, -0.2) is 46.4 Å². The fraction of sp³-hybridized carbons (Fsp3) is 0.294. The Morgan fingerprint density at radius 3 is 2.29 bits per heavy atom. The van der Waals surface area contributed by atoms with Crippen molar-refractivity contribution in [3.05, 3.63) is 94.8 Å². The summed E-state index contributed by atoms with van der Waals surface area (Å²) in [7, 11) is 3.08. The first-order valence-corrected chi connectivity index (χ1v) is 14.5. The minimum atomic E-state index is -0.783.